The Kier molecular flexibility index (Phi) is 17.9. The molecule has 0 radical (unpaired) electrons. The van der Waals surface area contributed by atoms with Gasteiger partial charge in [0, 0.05) is 54.9 Å². The van der Waals surface area contributed by atoms with Crippen molar-refractivity contribution in [2.24, 2.45) is 0 Å². The van der Waals surface area contributed by atoms with Crippen molar-refractivity contribution in [2.45, 2.75) is 44.2 Å². The van der Waals surface area contributed by atoms with E-state index in [0.717, 1.165) is 59.8 Å². The van der Waals surface area contributed by atoms with Crippen LogP contribution in [0.3, 0.4) is 0 Å². The van der Waals surface area contributed by atoms with E-state index in [9.17, 15) is 9.59 Å². The van der Waals surface area contributed by atoms with Crippen LogP contribution in [0.1, 0.15) is 58.3 Å². The fourth-order valence-corrected chi connectivity index (χ4v) is 10.3. The van der Waals surface area contributed by atoms with Gasteiger partial charge < -0.3 is 65.8 Å². The lowest BCUT2D eigenvalue weighted by Gasteiger charge is -2.46. The molecule has 16 nitrogen and oxygen atoms in total. The molecule has 0 saturated carbocycles. The normalized spacial score (nSPS) is 19.4. The number of nitrogens with zero attached hydrogens (tertiary/aromatic N) is 2. The first-order valence-corrected chi connectivity index (χ1v) is 23.5. The molecule has 0 bridgehead atoms. The summed E-state index contributed by atoms with van der Waals surface area (Å²) in [7, 11) is 20.5. The first-order chi connectivity index (χ1) is 33.7. The molecule has 0 aliphatic carbocycles. The van der Waals surface area contributed by atoms with E-state index in [1.807, 2.05) is 36.4 Å². The summed E-state index contributed by atoms with van der Waals surface area (Å²) in [6, 6.07) is 15.9. The van der Waals surface area contributed by atoms with Gasteiger partial charge in [-0.2, -0.15) is 0 Å². The van der Waals surface area contributed by atoms with Gasteiger partial charge in [-0.15, -0.1) is 0 Å². The Morgan fingerprint density at radius 3 is 1.47 bits per heavy atom. The maximum atomic E-state index is 13.1. The van der Waals surface area contributed by atoms with Crippen LogP contribution in [0.15, 0.2) is 59.6 Å². The molecule has 4 atom stereocenters. The predicted molar refractivity (Wildman–Crippen MR) is 264 cm³/mol. The Hall–Kier alpha value is -6.23. The van der Waals surface area contributed by atoms with Crippen molar-refractivity contribution in [1.82, 2.24) is 0 Å². The molecule has 0 fully saturated rings. The lowest BCUT2D eigenvalue weighted by Crippen LogP contribution is -2.52. The third kappa shape index (κ3) is 11.3. The minimum Gasteiger partial charge on any atom is -0.493 e. The highest BCUT2D eigenvalue weighted by atomic mass is 35.5. The van der Waals surface area contributed by atoms with Crippen molar-refractivity contribution in [3.8, 4) is 57.5 Å². The number of hydrogen-bond donors (Lipinski definition) is 0. The summed E-state index contributed by atoms with van der Waals surface area (Å²) < 4.78 is 69.4. The number of rotatable bonds is 23. The zero-order valence-electron chi connectivity index (χ0n) is 42.6. The molecule has 0 N–H and O–H groups in total. The molecular formula is C53H69ClN2O14+2. The van der Waals surface area contributed by atoms with Crippen molar-refractivity contribution in [2.75, 3.05) is 125 Å². The predicted octanol–water partition coefficient (Wildman–Crippen LogP) is 7.84. The van der Waals surface area contributed by atoms with Gasteiger partial charge in [0.15, 0.2) is 46.0 Å². The minimum absolute atomic E-state index is 0.0244. The van der Waals surface area contributed by atoms with Crippen LogP contribution < -0.4 is 47.4 Å². The summed E-state index contributed by atoms with van der Waals surface area (Å²) >= 11 is 6.36. The number of fused-ring (bicyclic) bond motifs is 2. The average molecular weight is 994 g/mol. The largest absolute Gasteiger partial charge is 0.493 e. The lowest BCUT2D eigenvalue weighted by molar-refractivity contribution is -0.941. The highest BCUT2D eigenvalue weighted by Gasteiger charge is 2.43. The Morgan fingerprint density at radius 1 is 0.543 bits per heavy atom. The SMILES string of the molecule is COc1cc2c(cc1OC)[C@H](c1cc(OC)c(OC)c(OC)c1)[N@@+](C)(CCCOC(=O)C=C(Cl)C(=O)OCCC[N@+]1(C)CCc3cc(OC)c(OC)cc3[C@H]1Cc1cc(OC)c(OC)c(OC)c1)CC2. The van der Waals surface area contributed by atoms with Gasteiger partial charge in [0.25, 0.3) is 0 Å². The van der Waals surface area contributed by atoms with Crippen LogP contribution in [-0.4, -0.2) is 145 Å². The van der Waals surface area contributed by atoms with Crippen LogP contribution in [-0.2, 0) is 38.3 Å². The molecule has 380 valence electrons. The Balaban J connectivity index is 1.10. The van der Waals surface area contributed by atoms with Gasteiger partial charge in [0.05, 0.1) is 125 Å². The molecule has 0 unspecified atom stereocenters. The smallest absolute Gasteiger partial charge is 0.350 e. The van der Waals surface area contributed by atoms with E-state index < -0.39 is 11.9 Å². The van der Waals surface area contributed by atoms with Crippen LogP contribution in [0.4, 0.5) is 0 Å². The fourth-order valence-electron chi connectivity index (χ4n) is 10.2. The maximum absolute atomic E-state index is 13.1. The number of methoxy groups -OCH3 is 10. The van der Waals surface area contributed by atoms with E-state index in [0.29, 0.717) is 98.8 Å². The molecule has 6 rings (SSSR count). The zero-order chi connectivity index (χ0) is 50.8. The molecular weight excluding hydrogens is 924 g/mol. The summed E-state index contributed by atoms with van der Waals surface area (Å²) in [4.78, 5) is 26.1. The highest BCUT2D eigenvalue weighted by Crippen LogP contribution is 2.49. The van der Waals surface area contributed by atoms with Gasteiger partial charge >= 0.3 is 11.9 Å². The van der Waals surface area contributed by atoms with Gasteiger partial charge in [-0.05, 0) is 65.2 Å². The van der Waals surface area contributed by atoms with Crippen molar-refractivity contribution < 1.29 is 75.4 Å². The van der Waals surface area contributed by atoms with Gasteiger partial charge in [0.1, 0.15) is 17.1 Å². The van der Waals surface area contributed by atoms with Gasteiger partial charge in [-0.25, -0.2) is 9.59 Å². The first kappa shape index (κ1) is 53.1. The average Bonchev–Trinajstić information content (AvgIpc) is 3.37. The molecule has 4 aromatic rings. The van der Waals surface area contributed by atoms with Crippen LogP contribution in [0, 0.1) is 0 Å². The molecule has 17 heteroatoms. The standard InChI is InChI=1S/C53H69ClN2O14/c1-55(19-15-34-26-41(59-3)43(61-5)30-37(34)40(55)23-33-24-45(63-7)51(67-11)46(25-33)64-8)17-13-22-70-53(58)39(54)32-49(57)69-21-14-18-56(2)20-16-35-27-42(60-4)44(62-6)31-38(35)50(56)36-28-47(65-9)52(68-12)48(29-36)66-10/h24-32,40,50H,13-23H2,1-12H3/q+2/t40-,50+,55-,56+/m1/s1. The number of halogens is 1. The van der Waals surface area contributed by atoms with Crippen molar-refractivity contribution in [3.05, 3.63) is 93.0 Å². The zero-order valence-corrected chi connectivity index (χ0v) is 43.4. The maximum Gasteiger partial charge on any atom is 0.350 e. The number of hydrogen-bond acceptors (Lipinski definition) is 14. The van der Waals surface area contributed by atoms with E-state index in [-0.39, 0.29) is 30.3 Å². The molecule has 2 heterocycles. The summed E-state index contributed by atoms with van der Waals surface area (Å²) in [6.07, 6.45) is 4.24. The molecule has 4 aromatic carbocycles. The van der Waals surface area contributed by atoms with E-state index in [2.05, 4.69) is 26.2 Å². The second kappa shape index (κ2) is 23.6. The van der Waals surface area contributed by atoms with Gasteiger partial charge in [-0.3, -0.25) is 0 Å². The second-order valence-corrected chi connectivity index (χ2v) is 18.2. The fraction of sp³-hybridized carbons (Fsp3) is 0.472. The topological polar surface area (TPSA) is 145 Å². The van der Waals surface area contributed by atoms with E-state index in [4.69, 9.17) is 68.4 Å². The monoisotopic (exact) mass is 992 g/mol. The Bertz CT molecular complexity index is 2480. The van der Waals surface area contributed by atoms with Crippen molar-refractivity contribution >= 4 is 23.5 Å². The molecule has 0 amide bonds. The molecule has 0 spiro atoms. The summed E-state index contributed by atoms with van der Waals surface area (Å²) in [6.45, 7) is 3.09. The first-order valence-electron chi connectivity index (χ1n) is 23.2. The van der Waals surface area contributed by atoms with Crippen LogP contribution in [0.2, 0.25) is 0 Å². The number of likely N-dealkylation sites (N-methyl/N-ethyl adjacent to an activating group) is 2. The number of ether oxygens (including phenoxy) is 12. The van der Waals surface area contributed by atoms with E-state index >= 15 is 0 Å². The van der Waals surface area contributed by atoms with Crippen LogP contribution in [0.5, 0.6) is 57.5 Å². The number of esters is 2. The summed E-state index contributed by atoms with van der Waals surface area (Å²) in [5.74, 6) is 4.29. The van der Waals surface area contributed by atoms with Crippen molar-refractivity contribution in [1.29, 1.82) is 0 Å². The molecule has 70 heavy (non-hydrogen) atoms. The lowest BCUT2D eigenvalue weighted by atomic mass is 9.85. The highest BCUT2D eigenvalue weighted by molar-refractivity contribution is 6.42. The number of quaternary nitrogens is 2. The van der Waals surface area contributed by atoms with Crippen LogP contribution in [0.25, 0.3) is 0 Å². The summed E-state index contributed by atoms with van der Waals surface area (Å²) in [5, 5.41) is -0.364. The Labute approximate surface area is 416 Å². The number of carbonyl (C=O) groups excluding carboxylic acids is 2. The second-order valence-electron chi connectivity index (χ2n) is 17.8. The minimum atomic E-state index is -0.804. The van der Waals surface area contributed by atoms with Crippen LogP contribution >= 0.6 is 11.6 Å². The molecule has 0 aromatic heterocycles. The number of benzene rings is 4. The third-order valence-electron chi connectivity index (χ3n) is 13.8. The molecule has 2 aliphatic rings. The quantitative estimate of drug-likeness (QED) is 0.0308. The van der Waals surface area contributed by atoms with E-state index in [1.54, 1.807) is 71.1 Å². The molecule has 0 saturated heterocycles. The van der Waals surface area contributed by atoms with E-state index in [1.165, 1.54) is 5.56 Å². The third-order valence-corrected chi connectivity index (χ3v) is 14.1. The Morgan fingerprint density at radius 2 is 0.971 bits per heavy atom. The summed E-state index contributed by atoms with van der Waals surface area (Å²) in [5.41, 5.74) is 6.47. The number of carbonyl (C=O) groups is 2. The van der Waals surface area contributed by atoms with Gasteiger partial charge in [-0.1, -0.05) is 11.6 Å². The molecule has 2 aliphatic heterocycles. The van der Waals surface area contributed by atoms with Crippen molar-refractivity contribution in [3.63, 3.8) is 0 Å². The van der Waals surface area contributed by atoms with Gasteiger partial charge in [0.2, 0.25) is 11.5 Å².